The van der Waals surface area contributed by atoms with Crippen LogP contribution >= 0.6 is 11.8 Å². The molecule has 2 heterocycles. The fourth-order valence-electron chi connectivity index (χ4n) is 2.95. The van der Waals surface area contributed by atoms with Crippen molar-refractivity contribution >= 4 is 23.7 Å². The van der Waals surface area contributed by atoms with Crippen LogP contribution in [-0.4, -0.2) is 46.5 Å². The zero-order valence-electron chi connectivity index (χ0n) is 15.5. The van der Waals surface area contributed by atoms with Gasteiger partial charge in [0.25, 0.3) is 0 Å². The molecule has 2 N–H and O–H groups in total. The number of ether oxygens (including phenoxy) is 1. The van der Waals surface area contributed by atoms with Crippen LogP contribution in [0.3, 0.4) is 0 Å². The molecule has 8 heteroatoms. The monoisotopic (exact) mass is 388 g/mol. The molecule has 2 aromatic rings. The average Bonchev–Trinajstić information content (AvgIpc) is 3.33. The number of imide groups is 1. The first-order valence-corrected chi connectivity index (χ1v) is 9.88. The Kier molecular flexibility index (Phi) is 6.52. The van der Waals surface area contributed by atoms with Crippen LogP contribution in [-0.2, 0) is 16.1 Å². The molecule has 0 radical (unpaired) electrons. The molecule has 0 spiro atoms. The Balaban J connectivity index is 1.82. The normalized spacial score (nSPS) is 17.5. The van der Waals surface area contributed by atoms with E-state index in [1.54, 1.807) is 6.92 Å². The van der Waals surface area contributed by atoms with Gasteiger partial charge in [-0.2, -0.15) is 0 Å². The topological polar surface area (TPSA) is 85.3 Å². The number of rotatable bonds is 6. The van der Waals surface area contributed by atoms with Gasteiger partial charge in [-0.25, -0.2) is 9.78 Å². The Morgan fingerprint density at radius 3 is 2.81 bits per heavy atom. The number of hydrogen-bond donors (Lipinski definition) is 2. The smallest absolute Gasteiger partial charge is 0.321 e. The number of nitrogens with zero attached hydrogens (tertiary/aromatic N) is 2. The highest BCUT2D eigenvalue weighted by Crippen LogP contribution is 2.30. The first-order valence-electron chi connectivity index (χ1n) is 9.00. The molecule has 1 aliphatic rings. The molecule has 0 aliphatic carbocycles. The molecule has 0 saturated carbocycles. The van der Waals surface area contributed by atoms with Crippen molar-refractivity contribution in [1.82, 2.24) is 20.2 Å². The van der Waals surface area contributed by atoms with E-state index in [2.05, 4.69) is 20.2 Å². The molecule has 1 aromatic carbocycles. The van der Waals surface area contributed by atoms with Crippen LogP contribution in [0.4, 0.5) is 4.79 Å². The minimum absolute atomic E-state index is 0.149. The highest BCUT2D eigenvalue weighted by atomic mass is 32.2. The Morgan fingerprint density at radius 1 is 1.37 bits per heavy atom. The van der Waals surface area contributed by atoms with Crippen molar-refractivity contribution in [1.29, 1.82) is 0 Å². The van der Waals surface area contributed by atoms with Gasteiger partial charge in [-0.3, -0.25) is 10.1 Å². The van der Waals surface area contributed by atoms with Crippen LogP contribution in [0.15, 0.2) is 41.7 Å². The molecule has 27 heavy (non-hydrogen) atoms. The van der Waals surface area contributed by atoms with Crippen molar-refractivity contribution in [3.05, 3.63) is 36.5 Å². The van der Waals surface area contributed by atoms with Crippen molar-refractivity contribution < 1.29 is 14.3 Å². The van der Waals surface area contributed by atoms with Gasteiger partial charge in [0.15, 0.2) is 5.16 Å². The summed E-state index contributed by atoms with van der Waals surface area (Å²) in [5, 5.41) is 4.97. The molecule has 2 atom stereocenters. The Bertz CT molecular complexity index is 788. The summed E-state index contributed by atoms with van der Waals surface area (Å²) in [5.74, 6) is -0.354. The van der Waals surface area contributed by atoms with E-state index in [1.807, 2.05) is 36.5 Å². The van der Waals surface area contributed by atoms with Crippen molar-refractivity contribution in [2.45, 2.75) is 42.8 Å². The lowest BCUT2D eigenvalue weighted by atomic mass is 10.1. The van der Waals surface area contributed by atoms with Crippen LogP contribution in [0, 0.1) is 0 Å². The molecule has 0 unspecified atom stereocenters. The van der Waals surface area contributed by atoms with E-state index < -0.39 is 11.3 Å². The summed E-state index contributed by atoms with van der Waals surface area (Å²) < 4.78 is 7.91. The number of nitrogens with one attached hydrogen (secondary N) is 2. The third-order valence-electron chi connectivity index (χ3n) is 4.41. The van der Waals surface area contributed by atoms with Crippen LogP contribution in [0.2, 0.25) is 0 Å². The number of amides is 3. The molecule has 3 rings (SSSR count). The lowest BCUT2D eigenvalue weighted by Crippen LogP contribution is -2.41. The second kappa shape index (κ2) is 9.05. The number of carbonyl (C=O) groups excluding carboxylic acids is 2. The Morgan fingerprint density at radius 2 is 2.15 bits per heavy atom. The minimum Gasteiger partial charge on any atom is -0.376 e. The maximum atomic E-state index is 12.2. The van der Waals surface area contributed by atoms with Gasteiger partial charge in [-0.15, -0.1) is 0 Å². The molecule has 7 nitrogen and oxygen atoms in total. The second-order valence-corrected chi connectivity index (χ2v) is 7.67. The number of imidazole rings is 1. The maximum Gasteiger partial charge on any atom is 0.321 e. The molecule has 144 valence electrons. The van der Waals surface area contributed by atoms with E-state index in [4.69, 9.17) is 4.74 Å². The van der Waals surface area contributed by atoms with Gasteiger partial charge < -0.3 is 14.6 Å². The van der Waals surface area contributed by atoms with E-state index in [0.717, 1.165) is 35.9 Å². The quantitative estimate of drug-likeness (QED) is 0.743. The molecule has 0 bridgehead atoms. The van der Waals surface area contributed by atoms with Crippen molar-refractivity contribution in [3.8, 4) is 11.3 Å². The van der Waals surface area contributed by atoms with Gasteiger partial charge in [0.2, 0.25) is 5.91 Å². The van der Waals surface area contributed by atoms with Gasteiger partial charge in [0, 0.05) is 13.7 Å². The molecular weight excluding hydrogens is 364 g/mol. The van der Waals surface area contributed by atoms with E-state index in [9.17, 15) is 9.59 Å². The summed E-state index contributed by atoms with van der Waals surface area (Å²) in [4.78, 5) is 28.1. The first-order chi connectivity index (χ1) is 13.1. The summed E-state index contributed by atoms with van der Waals surface area (Å²) >= 11 is 1.33. The number of benzene rings is 1. The Labute approximate surface area is 162 Å². The summed E-state index contributed by atoms with van der Waals surface area (Å²) in [6, 6.07) is 9.53. The second-order valence-electron chi connectivity index (χ2n) is 6.37. The number of aromatic nitrogens is 2. The largest absolute Gasteiger partial charge is 0.376 e. The number of hydrogen-bond acceptors (Lipinski definition) is 5. The summed E-state index contributed by atoms with van der Waals surface area (Å²) in [6.07, 6.45) is 4.06. The molecule has 1 saturated heterocycles. The highest BCUT2D eigenvalue weighted by Gasteiger charge is 2.24. The van der Waals surface area contributed by atoms with Crippen LogP contribution in [0.5, 0.6) is 0 Å². The highest BCUT2D eigenvalue weighted by molar-refractivity contribution is 8.00. The predicted octanol–water partition coefficient (Wildman–Crippen LogP) is 2.67. The summed E-state index contributed by atoms with van der Waals surface area (Å²) in [6.45, 7) is 3.24. The number of carbonyl (C=O) groups is 2. The zero-order valence-corrected chi connectivity index (χ0v) is 16.3. The number of thioether (sulfide) groups is 1. The Hall–Kier alpha value is -2.32. The van der Waals surface area contributed by atoms with Gasteiger partial charge in [-0.1, -0.05) is 42.1 Å². The SMILES string of the molecule is CNC(=O)NC(=O)[C@H](C)Sc1ncc(-c2ccccc2)n1C[C@H]1CCCO1. The van der Waals surface area contributed by atoms with Crippen LogP contribution in [0.25, 0.3) is 11.3 Å². The molecule has 3 amide bonds. The fourth-order valence-corrected chi connectivity index (χ4v) is 3.84. The van der Waals surface area contributed by atoms with E-state index in [-0.39, 0.29) is 12.0 Å². The van der Waals surface area contributed by atoms with E-state index in [1.165, 1.54) is 18.8 Å². The van der Waals surface area contributed by atoms with Gasteiger partial charge >= 0.3 is 6.03 Å². The molecule has 1 aromatic heterocycles. The molecule has 1 fully saturated rings. The maximum absolute atomic E-state index is 12.2. The summed E-state index contributed by atoms with van der Waals surface area (Å²) in [7, 11) is 1.47. The van der Waals surface area contributed by atoms with Gasteiger partial charge in [-0.05, 0) is 25.3 Å². The molecule has 1 aliphatic heterocycles. The fraction of sp³-hybridized carbons (Fsp3) is 0.421. The van der Waals surface area contributed by atoms with Crippen LogP contribution in [0.1, 0.15) is 19.8 Å². The third kappa shape index (κ3) is 4.90. The van der Waals surface area contributed by atoms with Crippen molar-refractivity contribution in [3.63, 3.8) is 0 Å². The van der Waals surface area contributed by atoms with Gasteiger partial charge in [0.05, 0.1) is 29.8 Å². The van der Waals surface area contributed by atoms with Crippen LogP contribution < -0.4 is 10.6 Å². The van der Waals surface area contributed by atoms with E-state index >= 15 is 0 Å². The predicted molar refractivity (Wildman–Crippen MR) is 105 cm³/mol. The standard InChI is InChI=1S/C19H24N4O3S/c1-13(17(24)22-18(25)20-2)27-19-21-11-16(14-7-4-3-5-8-14)23(19)12-15-9-6-10-26-15/h3-5,7-8,11,13,15H,6,9-10,12H2,1-2H3,(H2,20,22,24,25)/t13-,15+/m0/s1. The van der Waals surface area contributed by atoms with E-state index in [0.29, 0.717) is 6.54 Å². The molecular formula is C19H24N4O3S. The zero-order chi connectivity index (χ0) is 19.2. The number of urea groups is 1. The average molecular weight is 388 g/mol. The van der Waals surface area contributed by atoms with Crippen molar-refractivity contribution in [2.24, 2.45) is 0 Å². The minimum atomic E-state index is -0.514. The van der Waals surface area contributed by atoms with Gasteiger partial charge in [0.1, 0.15) is 0 Å². The lowest BCUT2D eigenvalue weighted by Gasteiger charge is -2.17. The summed E-state index contributed by atoms with van der Waals surface area (Å²) in [5.41, 5.74) is 2.06. The third-order valence-corrected chi connectivity index (χ3v) is 5.52. The van der Waals surface area contributed by atoms with Crippen molar-refractivity contribution in [2.75, 3.05) is 13.7 Å². The first kappa shape index (κ1) is 19.4. The lowest BCUT2D eigenvalue weighted by molar-refractivity contribution is -0.119.